The second-order valence-corrected chi connectivity index (χ2v) is 2.15. The molecule has 0 bridgehead atoms. The van der Waals surface area contributed by atoms with Gasteiger partial charge in [0.25, 0.3) is 0 Å². The van der Waals surface area contributed by atoms with Gasteiger partial charge in [-0.25, -0.2) is 0 Å². The maximum atomic E-state index is 9.38. The Morgan fingerprint density at radius 3 is 2.50 bits per heavy atom. The van der Waals surface area contributed by atoms with Gasteiger partial charge in [-0.15, -0.1) is 0 Å². The second-order valence-electron chi connectivity index (χ2n) is 0.395. The molecule has 6 heavy (non-hydrogen) atoms. The molecule has 1 unspecified atom stereocenters. The van der Waals surface area contributed by atoms with Crippen LogP contribution in [-0.2, 0) is 11.3 Å². The van der Waals surface area contributed by atoms with Crippen LogP contribution in [0.3, 0.4) is 0 Å². The summed E-state index contributed by atoms with van der Waals surface area (Å²) in [5.74, 6) is 0. The lowest BCUT2D eigenvalue weighted by Crippen LogP contribution is -2.02. The van der Waals surface area contributed by atoms with E-state index in [9.17, 15) is 8.76 Å². The zero-order chi connectivity index (χ0) is 4.99. The van der Waals surface area contributed by atoms with E-state index in [2.05, 4.69) is 0 Å². The Hall–Kier alpha value is 0.710. The second kappa shape index (κ2) is 3.89. The van der Waals surface area contributed by atoms with Crippen LogP contribution in [-0.4, -0.2) is 8.76 Å². The predicted octanol–water partition coefficient (Wildman–Crippen LogP) is 0.172. The minimum atomic E-state index is -2.23. The number of halogens is 1. The van der Waals surface area contributed by atoms with Crippen LogP contribution in [0.4, 0.5) is 0 Å². The molecule has 38 valence electrons. The van der Waals surface area contributed by atoms with E-state index in [1.807, 2.05) is 4.13 Å². The first-order valence-corrected chi connectivity index (χ1v) is 3.61. The molecule has 0 aliphatic heterocycles. The van der Waals surface area contributed by atoms with Crippen LogP contribution in [0.25, 0.3) is 0 Å². The Morgan fingerprint density at radius 2 is 2.50 bits per heavy atom. The maximum Gasteiger partial charge on any atom is 0.0397 e. The lowest BCUT2D eigenvalue weighted by molar-refractivity contribution is 0.535. The van der Waals surface area contributed by atoms with Gasteiger partial charge < -0.3 is 4.55 Å². The number of rotatable bonds is 2. The van der Waals surface area contributed by atoms with Gasteiger partial charge in [0, 0.05) is 22.4 Å². The third-order valence-electron chi connectivity index (χ3n) is 0.0995. The summed E-state index contributed by atoms with van der Waals surface area (Å²) in [7, 11) is 4.81. The highest BCUT2D eigenvalue weighted by Crippen LogP contribution is 1.96. The van der Waals surface area contributed by atoms with Crippen molar-refractivity contribution in [2.75, 3.05) is 0 Å². The molecule has 0 aromatic rings. The molecule has 1 atom stereocenters. The normalized spacial score (nSPS) is 14.3. The Labute approximate surface area is 46.5 Å². The average molecular weight is 147 g/mol. The highest BCUT2D eigenvalue weighted by Gasteiger charge is 1.71. The smallest absolute Gasteiger partial charge is 0.0397 e. The first-order chi connectivity index (χ1) is 2.77. The molecule has 0 heterocycles. The zero-order valence-electron chi connectivity index (χ0n) is 2.51. The Bertz CT molecular complexity index is 55.5. The first-order valence-electron chi connectivity index (χ1n) is 0.896. The highest BCUT2D eigenvalue weighted by molar-refractivity contribution is 8.23. The van der Waals surface area contributed by atoms with Crippen molar-refractivity contribution < 1.29 is 8.76 Å². The summed E-state index contributed by atoms with van der Waals surface area (Å²) in [6.45, 7) is 0. The molecule has 1 N–H and O–H groups in total. The van der Waals surface area contributed by atoms with Gasteiger partial charge in [0.05, 0.1) is 0 Å². The molecule has 0 rings (SSSR count). The van der Waals surface area contributed by atoms with E-state index in [1.165, 1.54) is 0 Å². The number of nitrogens with one attached hydrogen (secondary N) is 1. The average Bonchev–Trinajstić information content (AvgIpc) is 1.35. The molecule has 0 aromatic heterocycles. The van der Waals surface area contributed by atoms with Crippen LogP contribution in [0.2, 0.25) is 0 Å². The number of hydrogen-bond acceptors (Lipinski definition) is 3. The quantitative estimate of drug-likeness (QED) is 0.447. The van der Waals surface area contributed by atoms with Crippen LogP contribution < -0.4 is 4.13 Å². The van der Waals surface area contributed by atoms with E-state index in [0.717, 1.165) is 0 Å². The predicted molar refractivity (Wildman–Crippen MR) is 25.5 cm³/mol. The van der Waals surface area contributed by atoms with E-state index >= 15 is 0 Å². The molecule has 0 fully saturated rings. The van der Waals surface area contributed by atoms with Crippen molar-refractivity contribution >= 4 is 33.1 Å². The van der Waals surface area contributed by atoms with Crippen molar-refractivity contribution in [2.24, 2.45) is 0 Å². The SMILES string of the molecule is O=S([O-])NSCl. The topological polar surface area (TPSA) is 52.2 Å². The fourth-order valence-electron chi connectivity index (χ4n) is 0.0257. The van der Waals surface area contributed by atoms with Gasteiger partial charge in [0.1, 0.15) is 0 Å². The van der Waals surface area contributed by atoms with E-state index < -0.39 is 11.3 Å². The summed E-state index contributed by atoms with van der Waals surface area (Å²) >= 11 is -1.72. The minimum absolute atomic E-state index is 0.519. The molecule has 0 spiro atoms. The lowest BCUT2D eigenvalue weighted by Gasteiger charge is -1.97. The van der Waals surface area contributed by atoms with Crippen molar-refractivity contribution in [3.8, 4) is 0 Å². The van der Waals surface area contributed by atoms with Gasteiger partial charge >= 0.3 is 0 Å². The van der Waals surface area contributed by atoms with Crippen molar-refractivity contribution in [1.82, 2.24) is 4.13 Å². The molecule has 3 nitrogen and oxygen atoms in total. The van der Waals surface area contributed by atoms with Crippen molar-refractivity contribution in [3.63, 3.8) is 0 Å². The van der Waals surface area contributed by atoms with Crippen LogP contribution >= 0.6 is 21.8 Å². The largest absolute Gasteiger partial charge is 0.759 e. The van der Waals surface area contributed by atoms with Crippen molar-refractivity contribution in [2.45, 2.75) is 0 Å². The van der Waals surface area contributed by atoms with Crippen molar-refractivity contribution in [1.29, 1.82) is 0 Å². The third kappa shape index (κ3) is 4.71. The van der Waals surface area contributed by atoms with Gasteiger partial charge in [-0.3, -0.25) is 4.21 Å². The fourth-order valence-corrected chi connectivity index (χ4v) is 0.694. The Morgan fingerprint density at radius 1 is 2.00 bits per heavy atom. The minimum Gasteiger partial charge on any atom is -0.759 e. The molecule has 0 saturated carbocycles. The Balaban J connectivity index is 2.83. The zero-order valence-corrected chi connectivity index (χ0v) is 4.90. The molecule has 0 aliphatic carbocycles. The molecule has 0 aliphatic rings. The molecule has 0 amide bonds. The van der Waals surface area contributed by atoms with Crippen LogP contribution in [0, 0.1) is 0 Å². The third-order valence-corrected chi connectivity index (χ3v) is 1.46. The standard InChI is InChI=1S/ClH2NO2S2/c1-5-2-6(3)4/h2H,(H,3,4)/p-1. The van der Waals surface area contributed by atoms with Gasteiger partial charge in [0.2, 0.25) is 0 Å². The summed E-state index contributed by atoms with van der Waals surface area (Å²) in [5.41, 5.74) is 0. The van der Waals surface area contributed by atoms with E-state index in [4.69, 9.17) is 10.7 Å². The molecule has 0 saturated heterocycles. The summed E-state index contributed by atoms with van der Waals surface area (Å²) in [6.07, 6.45) is 0. The van der Waals surface area contributed by atoms with Crippen molar-refractivity contribution in [3.05, 3.63) is 0 Å². The van der Waals surface area contributed by atoms with E-state index in [0.29, 0.717) is 11.2 Å². The molecular weight excluding hydrogens is 146 g/mol. The monoisotopic (exact) mass is 146 g/mol. The summed E-state index contributed by atoms with van der Waals surface area (Å²) in [6, 6.07) is 0. The molecule has 6 heteroatoms. The molecular formula is HClNO2S2-. The van der Waals surface area contributed by atoms with Crippen LogP contribution in [0.5, 0.6) is 0 Å². The van der Waals surface area contributed by atoms with E-state index in [-0.39, 0.29) is 0 Å². The van der Waals surface area contributed by atoms with Gasteiger partial charge in [-0.05, 0) is 10.7 Å². The molecule has 0 radical (unpaired) electrons. The van der Waals surface area contributed by atoms with Crippen LogP contribution in [0.15, 0.2) is 0 Å². The summed E-state index contributed by atoms with van der Waals surface area (Å²) < 4.78 is 20.6. The summed E-state index contributed by atoms with van der Waals surface area (Å²) in [4.78, 5) is 0. The summed E-state index contributed by atoms with van der Waals surface area (Å²) in [5, 5.41) is 0. The van der Waals surface area contributed by atoms with E-state index in [1.54, 1.807) is 0 Å². The molecule has 0 aromatic carbocycles. The maximum absolute atomic E-state index is 9.38. The first kappa shape index (κ1) is 6.71. The number of hydrogen-bond donors (Lipinski definition) is 1. The Kier molecular flexibility index (Phi) is 4.34. The van der Waals surface area contributed by atoms with Crippen LogP contribution in [0.1, 0.15) is 0 Å². The van der Waals surface area contributed by atoms with Gasteiger partial charge in [0.15, 0.2) is 0 Å². The fraction of sp³-hybridized carbons (Fsp3) is 0. The van der Waals surface area contributed by atoms with Gasteiger partial charge in [-0.1, -0.05) is 0 Å². The highest BCUT2D eigenvalue weighted by atomic mass is 35.7. The lowest BCUT2D eigenvalue weighted by atomic mass is 13.9. The van der Waals surface area contributed by atoms with Gasteiger partial charge in [-0.2, -0.15) is 4.13 Å².